The van der Waals surface area contributed by atoms with Gasteiger partial charge in [-0.05, 0) is 31.7 Å². The number of aromatic nitrogens is 2. The molecular formula is C10H19N3. The average Bonchev–Trinajstić information content (AvgIpc) is 2.52. The monoisotopic (exact) mass is 181 g/mol. The van der Waals surface area contributed by atoms with E-state index in [-0.39, 0.29) is 0 Å². The van der Waals surface area contributed by atoms with Gasteiger partial charge in [-0.25, -0.2) is 0 Å². The maximum Gasteiger partial charge on any atom is 0.0492 e. The molecule has 1 heterocycles. The molecule has 0 fully saturated rings. The standard InChI is InChI=1S/C10H19N3/c1-3-9(11)5-4-6-10-7-8-12-13(10)2/h7-9H,3-6,11H2,1-2H3. The zero-order valence-corrected chi connectivity index (χ0v) is 8.53. The van der Waals surface area contributed by atoms with Gasteiger partial charge in [-0.3, -0.25) is 4.68 Å². The van der Waals surface area contributed by atoms with Crippen LogP contribution in [0.15, 0.2) is 12.3 Å². The Morgan fingerprint density at radius 1 is 1.62 bits per heavy atom. The van der Waals surface area contributed by atoms with E-state index in [0.717, 1.165) is 25.7 Å². The Balaban J connectivity index is 2.24. The molecule has 0 aromatic carbocycles. The number of nitrogens with two attached hydrogens (primary N) is 1. The highest BCUT2D eigenvalue weighted by molar-refractivity contribution is 4.99. The summed E-state index contributed by atoms with van der Waals surface area (Å²) >= 11 is 0. The lowest BCUT2D eigenvalue weighted by Gasteiger charge is -2.07. The first-order chi connectivity index (χ1) is 6.24. The van der Waals surface area contributed by atoms with Crippen molar-refractivity contribution >= 4 is 0 Å². The predicted molar refractivity (Wildman–Crippen MR) is 54.4 cm³/mol. The number of hydrogen-bond acceptors (Lipinski definition) is 2. The van der Waals surface area contributed by atoms with Crippen LogP contribution in [0, 0.1) is 0 Å². The molecule has 1 rings (SSSR count). The van der Waals surface area contributed by atoms with Gasteiger partial charge in [-0.2, -0.15) is 5.10 Å². The Hall–Kier alpha value is -0.830. The zero-order chi connectivity index (χ0) is 9.68. The summed E-state index contributed by atoms with van der Waals surface area (Å²) in [6.45, 7) is 2.13. The first-order valence-corrected chi connectivity index (χ1v) is 4.96. The first kappa shape index (κ1) is 10.3. The molecule has 1 aromatic heterocycles. The van der Waals surface area contributed by atoms with Crippen LogP contribution in [0.4, 0.5) is 0 Å². The second kappa shape index (κ2) is 5.02. The van der Waals surface area contributed by atoms with Crippen LogP contribution < -0.4 is 5.73 Å². The van der Waals surface area contributed by atoms with E-state index in [1.165, 1.54) is 5.69 Å². The van der Waals surface area contributed by atoms with Gasteiger partial charge in [-0.1, -0.05) is 6.92 Å². The van der Waals surface area contributed by atoms with Crippen molar-refractivity contribution in [2.45, 2.75) is 38.6 Å². The molecule has 0 aliphatic heterocycles. The summed E-state index contributed by atoms with van der Waals surface area (Å²) in [7, 11) is 1.98. The summed E-state index contributed by atoms with van der Waals surface area (Å²) in [6.07, 6.45) is 6.28. The number of rotatable bonds is 5. The smallest absolute Gasteiger partial charge is 0.0492 e. The summed E-state index contributed by atoms with van der Waals surface area (Å²) in [5, 5.41) is 4.12. The van der Waals surface area contributed by atoms with Gasteiger partial charge in [0.15, 0.2) is 0 Å². The van der Waals surface area contributed by atoms with Crippen molar-refractivity contribution in [3.8, 4) is 0 Å². The molecule has 74 valence electrons. The van der Waals surface area contributed by atoms with Gasteiger partial charge in [0.2, 0.25) is 0 Å². The molecule has 0 aliphatic carbocycles. The molecule has 0 saturated heterocycles. The molecule has 0 radical (unpaired) electrons. The minimum absolute atomic E-state index is 0.369. The van der Waals surface area contributed by atoms with Crippen LogP contribution in [-0.4, -0.2) is 15.8 Å². The Morgan fingerprint density at radius 3 is 2.92 bits per heavy atom. The Bertz CT molecular complexity index is 242. The summed E-state index contributed by atoms with van der Waals surface area (Å²) in [4.78, 5) is 0. The van der Waals surface area contributed by atoms with Crippen LogP contribution in [0.3, 0.4) is 0 Å². The SMILES string of the molecule is CCC(N)CCCc1ccnn1C. The minimum Gasteiger partial charge on any atom is -0.328 e. The van der Waals surface area contributed by atoms with Crippen molar-refractivity contribution in [1.82, 2.24) is 9.78 Å². The van der Waals surface area contributed by atoms with Crippen LogP contribution in [0.2, 0.25) is 0 Å². The molecular weight excluding hydrogens is 162 g/mol. The van der Waals surface area contributed by atoms with Crippen molar-refractivity contribution in [2.75, 3.05) is 0 Å². The van der Waals surface area contributed by atoms with Gasteiger partial charge in [-0.15, -0.1) is 0 Å². The fraction of sp³-hybridized carbons (Fsp3) is 0.700. The third-order valence-corrected chi connectivity index (χ3v) is 2.45. The third-order valence-electron chi connectivity index (χ3n) is 2.45. The van der Waals surface area contributed by atoms with E-state index in [1.807, 2.05) is 17.9 Å². The van der Waals surface area contributed by atoms with Crippen molar-refractivity contribution in [1.29, 1.82) is 0 Å². The van der Waals surface area contributed by atoms with E-state index in [1.54, 1.807) is 0 Å². The van der Waals surface area contributed by atoms with Crippen LogP contribution in [0.1, 0.15) is 31.9 Å². The lowest BCUT2D eigenvalue weighted by molar-refractivity contribution is 0.557. The van der Waals surface area contributed by atoms with Crippen LogP contribution in [-0.2, 0) is 13.5 Å². The van der Waals surface area contributed by atoms with Gasteiger partial charge in [0.05, 0.1) is 0 Å². The molecule has 0 amide bonds. The van der Waals surface area contributed by atoms with Gasteiger partial charge in [0.1, 0.15) is 0 Å². The van der Waals surface area contributed by atoms with E-state index in [9.17, 15) is 0 Å². The van der Waals surface area contributed by atoms with Crippen LogP contribution >= 0.6 is 0 Å². The highest BCUT2D eigenvalue weighted by Gasteiger charge is 2.01. The maximum atomic E-state index is 5.83. The number of nitrogens with zero attached hydrogens (tertiary/aromatic N) is 2. The molecule has 13 heavy (non-hydrogen) atoms. The van der Waals surface area contributed by atoms with Gasteiger partial charge < -0.3 is 5.73 Å². The minimum atomic E-state index is 0.369. The molecule has 1 unspecified atom stereocenters. The molecule has 2 N–H and O–H groups in total. The molecule has 0 spiro atoms. The fourth-order valence-electron chi connectivity index (χ4n) is 1.40. The van der Waals surface area contributed by atoms with Gasteiger partial charge >= 0.3 is 0 Å². The second-order valence-electron chi connectivity index (χ2n) is 3.51. The quantitative estimate of drug-likeness (QED) is 0.747. The van der Waals surface area contributed by atoms with E-state index in [2.05, 4.69) is 18.1 Å². The van der Waals surface area contributed by atoms with E-state index in [4.69, 9.17) is 5.73 Å². The highest BCUT2D eigenvalue weighted by Crippen LogP contribution is 2.05. The molecule has 0 bridgehead atoms. The summed E-state index contributed by atoms with van der Waals surface area (Å²) in [5.74, 6) is 0. The van der Waals surface area contributed by atoms with Gasteiger partial charge in [0.25, 0.3) is 0 Å². The van der Waals surface area contributed by atoms with Gasteiger partial charge in [0, 0.05) is 25.0 Å². The van der Waals surface area contributed by atoms with Crippen molar-refractivity contribution < 1.29 is 0 Å². The fourth-order valence-corrected chi connectivity index (χ4v) is 1.40. The van der Waals surface area contributed by atoms with Crippen LogP contribution in [0.25, 0.3) is 0 Å². The third kappa shape index (κ3) is 3.19. The molecule has 3 nitrogen and oxygen atoms in total. The summed E-state index contributed by atoms with van der Waals surface area (Å²) < 4.78 is 1.93. The summed E-state index contributed by atoms with van der Waals surface area (Å²) in [5.41, 5.74) is 7.12. The van der Waals surface area contributed by atoms with E-state index in [0.29, 0.717) is 6.04 Å². The van der Waals surface area contributed by atoms with E-state index < -0.39 is 0 Å². The Kier molecular flexibility index (Phi) is 3.96. The lowest BCUT2D eigenvalue weighted by atomic mass is 10.1. The molecule has 1 aromatic rings. The molecule has 0 saturated carbocycles. The predicted octanol–water partition coefficient (Wildman–Crippen LogP) is 1.48. The highest BCUT2D eigenvalue weighted by atomic mass is 15.2. The molecule has 3 heteroatoms. The van der Waals surface area contributed by atoms with E-state index >= 15 is 0 Å². The van der Waals surface area contributed by atoms with Crippen molar-refractivity contribution in [2.24, 2.45) is 12.8 Å². The second-order valence-corrected chi connectivity index (χ2v) is 3.51. The summed E-state index contributed by atoms with van der Waals surface area (Å²) in [6, 6.07) is 2.44. The molecule has 1 atom stereocenters. The topological polar surface area (TPSA) is 43.8 Å². The van der Waals surface area contributed by atoms with Crippen molar-refractivity contribution in [3.05, 3.63) is 18.0 Å². The van der Waals surface area contributed by atoms with Crippen LogP contribution in [0.5, 0.6) is 0 Å². The van der Waals surface area contributed by atoms with Crippen molar-refractivity contribution in [3.63, 3.8) is 0 Å². The number of aryl methyl sites for hydroxylation is 2. The number of hydrogen-bond donors (Lipinski definition) is 1. The average molecular weight is 181 g/mol. The zero-order valence-electron chi connectivity index (χ0n) is 8.53. The first-order valence-electron chi connectivity index (χ1n) is 4.96. The largest absolute Gasteiger partial charge is 0.328 e. The Labute approximate surface area is 79.9 Å². The molecule has 0 aliphatic rings. The maximum absolute atomic E-state index is 5.83. The lowest BCUT2D eigenvalue weighted by Crippen LogP contribution is -2.18. The Morgan fingerprint density at radius 2 is 2.38 bits per heavy atom. The normalized spacial score (nSPS) is 13.2.